The molecule has 0 aromatic rings. The lowest BCUT2D eigenvalue weighted by molar-refractivity contribution is -0.147. The van der Waals surface area contributed by atoms with Gasteiger partial charge >= 0.3 is 5.97 Å². The van der Waals surface area contributed by atoms with Crippen LogP contribution in [0.2, 0.25) is 0 Å². The molecule has 0 amide bonds. The molecule has 1 aliphatic carbocycles. The van der Waals surface area contributed by atoms with E-state index < -0.39 is 0 Å². The van der Waals surface area contributed by atoms with E-state index >= 15 is 0 Å². The summed E-state index contributed by atoms with van der Waals surface area (Å²) >= 11 is 0. The molecule has 0 aromatic heterocycles. The highest BCUT2D eigenvalue weighted by molar-refractivity contribution is 5.75. The second-order valence-electron chi connectivity index (χ2n) is 4.95. The van der Waals surface area contributed by atoms with E-state index in [9.17, 15) is 4.79 Å². The summed E-state index contributed by atoms with van der Waals surface area (Å²) in [5.41, 5.74) is 0. The molecule has 18 heavy (non-hydrogen) atoms. The molecule has 0 spiro atoms. The molecule has 1 aliphatic rings. The minimum absolute atomic E-state index is 0.197. The monoisotopic (exact) mass is 257 g/mol. The highest BCUT2D eigenvalue weighted by Gasteiger charge is 2.21. The molecule has 0 bridgehead atoms. The number of nitrogens with one attached hydrogen (secondary N) is 1. The smallest absolute Gasteiger partial charge is 0.325 e. The summed E-state index contributed by atoms with van der Waals surface area (Å²) in [5.74, 6) is 0.497. The predicted octanol–water partition coefficient (Wildman–Crippen LogP) is 2.12. The number of esters is 1. The van der Waals surface area contributed by atoms with Gasteiger partial charge in [-0.1, -0.05) is 19.8 Å². The van der Waals surface area contributed by atoms with Crippen molar-refractivity contribution in [3.8, 4) is 0 Å². The standard InChI is InChI=1S/C14H27NO3/c1-3-9-15-13(14(16)18-4-2)11-17-10-12-7-5-6-8-12/h12-13,15H,3-11H2,1-2H3. The first-order valence-corrected chi connectivity index (χ1v) is 7.25. The lowest BCUT2D eigenvalue weighted by Crippen LogP contribution is -2.42. The molecule has 0 saturated heterocycles. The van der Waals surface area contributed by atoms with Crippen LogP contribution in [0.3, 0.4) is 0 Å². The van der Waals surface area contributed by atoms with E-state index in [4.69, 9.17) is 9.47 Å². The zero-order chi connectivity index (χ0) is 13.2. The van der Waals surface area contributed by atoms with Crippen molar-refractivity contribution in [2.75, 3.05) is 26.4 Å². The van der Waals surface area contributed by atoms with E-state index in [-0.39, 0.29) is 12.0 Å². The lowest BCUT2D eigenvalue weighted by atomic mass is 10.1. The second-order valence-corrected chi connectivity index (χ2v) is 4.95. The average Bonchev–Trinajstić information content (AvgIpc) is 2.86. The quantitative estimate of drug-likeness (QED) is 0.643. The molecule has 1 N–H and O–H groups in total. The molecule has 1 fully saturated rings. The Morgan fingerprint density at radius 1 is 1.33 bits per heavy atom. The Bertz CT molecular complexity index is 227. The zero-order valence-electron chi connectivity index (χ0n) is 11.7. The van der Waals surface area contributed by atoms with Crippen LogP contribution in [0.25, 0.3) is 0 Å². The number of rotatable bonds is 9. The summed E-state index contributed by atoms with van der Waals surface area (Å²) in [4.78, 5) is 11.7. The Morgan fingerprint density at radius 2 is 2.06 bits per heavy atom. The maximum atomic E-state index is 11.7. The second kappa shape index (κ2) is 9.34. The summed E-state index contributed by atoms with van der Waals surface area (Å²) in [7, 11) is 0. The molecular weight excluding hydrogens is 230 g/mol. The first-order chi connectivity index (χ1) is 8.77. The van der Waals surface area contributed by atoms with Crippen molar-refractivity contribution in [2.45, 2.75) is 52.0 Å². The van der Waals surface area contributed by atoms with Gasteiger partial charge < -0.3 is 14.8 Å². The SMILES string of the molecule is CCCNC(COCC1CCCC1)C(=O)OCC. The number of hydrogen-bond acceptors (Lipinski definition) is 4. The maximum Gasteiger partial charge on any atom is 0.325 e. The van der Waals surface area contributed by atoms with Crippen molar-refractivity contribution < 1.29 is 14.3 Å². The third-order valence-corrected chi connectivity index (χ3v) is 3.32. The van der Waals surface area contributed by atoms with Crippen LogP contribution in [0.15, 0.2) is 0 Å². The molecule has 1 saturated carbocycles. The molecule has 1 atom stereocenters. The number of carbonyl (C=O) groups excluding carboxylic acids is 1. The summed E-state index contributed by atoms with van der Waals surface area (Å²) < 4.78 is 10.7. The van der Waals surface area contributed by atoms with E-state index in [0.29, 0.717) is 19.1 Å². The largest absolute Gasteiger partial charge is 0.465 e. The molecule has 0 radical (unpaired) electrons. The van der Waals surface area contributed by atoms with E-state index in [2.05, 4.69) is 12.2 Å². The van der Waals surface area contributed by atoms with Crippen LogP contribution in [0.1, 0.15) is 46.0 Å². The highest BCUT2D eigenvalue weighted by atomic mass is 16.5. The third-order valence-electron chi connectivity index (χ3n) is 3.32. The van der Waals surface area contributed by atoms with E-state index in [1.807, 2.05) is 6.92 Å². The van der Waals surface area contributed by atoms with Gasteiger partial charge in [0.1, 0.15) is 6.04 Å². The van der Waals surface area contributed by atoms with Gasteiger partial charge in [-0.25, -0.2) is 0 Å². The van der Waals surface area contributed by atoms with Gasteiger partial charge in [-0.2, -0.15) is 0 Å². The Hall–Kier alpha value is -0.610. The summed E-state index contributed by atoms with van der Waals surface area (Å²) in [6.45, 7) is 6.35. The molecule has 0 aromatic carbocycles. The van der Waals surface area contributed by atoms with Gasteiger partial charge in [0.15, 0.2) is 0 Å². The van der Waals surface area contributed by atoms with Crippen LogP contribution in [0.5, 0.6) is 0 Å². The number of hydrogen-bond donors (Lipinski definition) is 1. The van der Waals surface area contributed by atoms with Crippen LogP contribution >= 0.6 is 0 Å². The first-order valence-electron chi connectivity index (χ1n) is 7.25. The Balaban J connectivity index is 2.23. The fraction of sp³-hybridized carbons (Fsp3) is 0.929. The predicted molar refractivity (Wildman–Crippen MR) is 71.5 cm³/mol. The molecule has 106 valence electrons. The zero-order valence-corrected chi connectivity index (χ0v) is 11.7. The van der Waals surface area contributed by atoms with E-state index in [1.165, 1.54) is 25.7 Å². The third kappa shape index (κ3) is 5.83. The minimum Gasteiger partial charge on any atom is -0.465 e. The van der Waals surface area contributed by atoms with Crippen molar-refractivity contribution in [3.05, 3.63) is 0 Å². The number of ether oxygens (including phenoxy) is 2. The first kappa shape index (κ1) is 15.4. The van der Waals surface area contributed by atoms with E-state index in [1.54, 1.807) is 0 Å². The molecule has 0 heterocycles. The van der Waals surface area contributed by atoms with Crippen LogP contribution in [-0.4, -0.2) is 38.4 Å². The van der Waals surface area contributed by atoms with Gasteiger partial charge in [0.25, 0.3) is 0 Å². The van der Waals surface area contributed by atoms with Crippen molar-refractivity contribution in [2.24, 2.45) is 5.92 Å². The van der Waals surface area contributed by atoms with Crippen molar-refractivity contribution in [1.82, 2.24) is 5.32 Å². The lowest BCUT2D eigenvalue weighted by Gasteiger charge is -2.18. The van der Waals surface area contributed by atoms with Crippen molar-refractivity contribution in [1.29, 1.82) is 0 Å². The topological polar surface area (TPSA) is 47.6 Å². The van der Waals surface area contributed by atoms with Gasteiger partial charge in [0.2, 0.25) is 0 Å². The molecule has 1 unspecified atom stereocenters. The summed E-state index contributed by atoms with van der Waals surface area (Å²) in [6.07, 6.45) is 6.18. The van der Waals surface area contributed by atoms with E-state index in [0.717, 1.165) is 19.6 Å². The number of carbonyl (C=O) groups is 1. The average molecular weight is 257 g/mol. The Morgan fingerprint density at radius 3 is 2.67 bits per heavy atom. The fourth-order valence-corrected chi connectivity index (χ4v) is 2.30. The Labute approximate surface area is 110 Å². The highest BCUT2D eigenvalue weighted by Crippen LogP contribution is 2.24. The maximum absolute atomic E-state index is 11.7. The molecule has 0 aliphatic heterocycles. The van der Waals surface area contributed by atoms with Gasteiger partial charge in [-0.05, 0) is 38.6 Å². The molecule has 1 rings (SSSR count). The normalized spacial score (nSPS) is 17.9. The van der Waals surface area contributed by atoms with Gasteiger partial charge in [-0.3, -0.25) is 4.79 Å². The molecule has 4 heteroatoms. The summed E-state index contributed by atoms with van der Waals surface area (Å²) in [5, 5.41) is 3.18. The molecule has 4 nitrogen and oxygen atoms in total. The van der Waals surface area contributed by atoms with Crippen molar-refractivity contribution in [3.63, 3.8) is 0 Å². The van der Waals surface area contributed by atoms with Gasteiger partial charge in [-0.15, -0.1) is 0 Å². The minimum atomic E-state index is -0.314. The van der Waals surface area contributed by atoms with Crippen molar-refractivity contribution >= 4 is 5.97 Å². The molecular formula is C14H27NO3. The van der Waals surface area contributed by atoms with Crippen LogP contribution < -0.4 is 5.32 Å². The van der Waals surface area contributed by atoms with Crippen LogP contribution in [0, 0.1) is 5.92 Å². The summed E-state index contributed by atoms with van der Waals surface area (Å²) in [6, 6.07) is -0.314. The van der Waals surface area contributed by atoms with Gasteiger partial charge in [0, 0.05) is 6.61 Å². The van der Waals surface area contributed by atoms with Crippen LogP contribution in [0.4, 0.5) is 0 Å². The fourth-order valence-electron chi connectivity index (χ4n) is 2.30. The van der Waals surface area contributed by atoms with Crippen LogP contribution in [-0.2, 0) is 14.3 Å². The Kier molecular flexibility index (Phi) is 8.01. The van der Waals surface area contributed by atoms with Gasteiger partial charge in [0.05, 0.1) is 13.2 Å².